The second kappa shape index (κ2) is 6.23. The van der Waals surface area contributed by atoms with Crippen molar-refractivity contribution in [3.63, 3.8) is 0 Å². The number of carbonyl (C=O) groups is 1. The van der Waals surface area contributed by atoms with Gasteiger partial charge in [0.15, 0.2) is 0 Å². The van der Waals surface area contributed by atoms with Gasteiger partial charge < -0.3 is 15.6 Å². The van der Waals surface area contributed by atoms with Crippen LogP contribution in [0.1, 0.15) is 0 Å². The maximum Gasteiger partial charge on any atom is 0.251 e. The van der Waals surface area contributed by atoms with Crippen molar-refractivity contribution in [1.82, 2.24) is 4.57 Å². The fourth-order valence-electron chi connectivity index (χ4n) is 1.61. The van der Waals surface area contributed by atoms with E-state index >= 15 is 0 Å². The van der Waals surface area contributed by atoms with Gasteiger partial charge in [-0.25, -0.2) is 0 Å². The van der Waals surface area contributed by atoms with E-state index in [0.29, 0.717) is 11.4 Å². The number of halogens is 2. The zero-order valence-electron chi connectivity index (χ0n) is 10.3. The molecule has 0 unspecified atom stereocenters. The number of nitrogen functional groups attached to an aromatic ring is 1. The third-order valence-corrected chi connectivity index (χ3v) is 3.71. The monoisotopic (exact) mass is 399 g/mol. The quantitative estimate of drug-likeness (QED) is 0.831. The summed E-state index contributed by atoms with van der Waals surface area (Å²) in [6.45, 7) is -0.0944. The van der Waals surface area contributed by atoms with Crippen molar-refractivity contribution in [3.8, 4) is 0 Å². The second-order valence-corrected chi connectivity index (χ2v) is 5.87. The molecule has 0 aliphatic carbocycles. The summed E-state index contributed by atoms with van der Waals surface area (Å²) in [6.07, 6.45) is 1.44. The highest BCUT2D eigenvalue weighted by Gasteiger charge is 2.08. The van der Waals surface area contributed by atoms with Gasteiger partial charge in [-0.05, 0) is 40.2 Å². The third-order valence-electron chi connectivity index (χ3n) is 2.52. The Morgan fingerprint density at radius 3 is 2.75 bits per heavy atom. The number of benzene rings is 1. The van der Waals surface area contributed by atoms with Gasteiger partial charge in [0.1, 0.15) is 6.54 Å². The Kier molecular flexibility index (Phi) is 4.61. The molecule has 1 aromatic carbocycles. The van der Waals surface area contributed by atoms with Crippen LogP contribution < -0.4 is 16.6 Å². The molecule has 2 aromatic rings. The summed E-state index contributed by atoms with van der Waals surface area (Å²) in [7, 11) is 0. The molecule has 0 saturated carbocycles. The molecule has 0 radical (unpaired) electrons. The summed E-state index contributed by atoms with van der Waals surface area (Å²) in [5.41, 5.74) is 6.38. The first-order valence-electron chi connectivity index (χ1n) is 5.66. The van der Waals surface area contributed by atoms with Gasteiger partial charge in [-0.1, -0.05) is 15.9 Å². The van der Waals surface area contributed by atoms with Crippen molar-refractivity contribution in [2.24, 2.45) is 0 Å². The van der Waals surface area contributed by atoms with Crippen molar-refractivity contribution in [2.75, 3.05) is 11.1 Å². The van der Waals surface area contributed by atoms with Gasteiger partial charge in [0.25, 0.3) is 5.56 Å². The Hall–Kier alpha value is -1.60. The van der Waals surface area contributed by atoms with Crippen molar-refractivity contribution >= 4 is 49.1 Å². The average molecular weight is 401 g/mol. The molecule has 5 nitrogen and oxygen atoms in total. The topological polar surface area (TPSA) is 77.1 Å². The number of hydrogen-bond acceptors (Lipinski definition) is 3. The Morgan fingerprint density at radius 2 is 2.00 bits per heavy atom. The van der Waals surface area contributed by atoms with E-state index in [1.165, 1.54) is 22.9 Å². The smallest absolute Gasteiger partial charge is 0.251 e. The lowest BCUT2D eigenvalue weighted by atomic mass is 10.3. The van der Waals surface area contributed by atoms with Crippen LogP contribution >= 0.6 is 31.9 Å². The predicted octanol–water partition coefficient (Wildman–Crippen LogP) is 2.59. The second-order valence-electron chi connectivity index (χ2n) is 4.10. The van der Waals surface area contributed by atoms with Gasteiger partial charge in [-0.3, -0.25) is 9.59 Å². The van der Waals surface area contributed by atoms with Crippen LogP contribution in [0.3, 0.4) is 0 Å². The highest BCUT2D eigenvalue weighted by Crippen LogP contribution is 2.26. The van der Waals surface area contributed by atoms with E-state index in [4.69, 9.17) is 5.73 Å². The summed E-state index contributed by atoms with van der Waals surface area (Å²) < 4.78 is 2.86. The zero-order chi connectivity index (χ0) is 14.7. The standard InChI is InChI=1S/C13H11Br2N3O2/c14-8-1-3-10(15)11(5-8)17-12(19)7-18-6-9(16)2-4-13(18)20/h1-6H,7,16H2,(H,17,19). The molecule has 1 heterocycles. The lowest BCUT2D eigenvalue weighted by Gasteiger charge is -2.09. The van der Waals surface area contributed by atoms with Crippen molar-refractivity contribution in [1.29, 1.82) is 0 Å². The first kappa shape index (κ1) is 14.8. The van der Waals surface area contributed by atoms with E-state index in [1.54, 1.807) is 6.07 Å². The Morgan fingerprint density at radius 1 is 1.25 bits per heavy atom. The first-order chi connectivity index (χ1) is 9.45. The van der Waals surface area contributed by atoms with Crippen molar-refractivity contribution in [3.05, 3.63) is 55.8 Å². The molecule has 20 heavy (non-hydrogen) atoms. The molecule has 7 heteroatoms. The molecule has 0 atom stereocenters. The summed E-state index contributed by atoms with van der Waals surface area (Å²) in [5.74, 6) is -0.309. The lowest BCUT2D eigenvalue weighted by Crippen LogP contribution is -2.27. The van der Waals surface area contributed by atoms with Gasteiger partial charge in [0.05, 0.1) is 5.69 Å². The number of hydrogen-bond donors (Lipinski definition) is 2. The number of nitrogens with two attached hydrogens (primary N) is 1. The van der Waals surface area contributed by atoms with Crippen LogP contribution in [-0.2, 0) is 11.3 Å². The highest BCUT2D eigenvalue weighted by atomic mass is 79.9. The van der Waals surface area contributed by atoms with Gasteiger partial charge in [-0.15, -0.1) is 0 Å². The van der Waals surface area contributed by atoms with Crippen LogP contribution in [0.25, 0.3) is 0 Å². The van der Waals surface area contributed by atoms with E-state index in [-0.39, 0.29) is 18.0 Å². The molecule has 0 bridgehead atoms. The summed E-state index contributed by atoms with van der Waals surface area (Å²) in [5, 5.41) is 2.73. The predicted molar refractivity (Wildman–Crippen MR) is 85.6 cm³/mol. The fraction of sp³-hybridized carbons (Fsp3) is 0.0769. The Balaban J connectivity index is 2.15. The molecule has 0 fully saturated rings. The largest absolute Gasteiger partial charge is 0.398 e. The van der Waals surface area contributed by atoms with E-state index in [1.807, 2.05) is 12.1 Å². The molecular weight excluding hydrogens is 390 g/mol. The number of nitrogens with zero attached hydrogens (tertiary/aromatic N) is 1. The molecule has 3 N–H and O–H groups in total. The van der Waals surface area contributed by atoms with Crippen molar-refractivity contribution < 1.29 is 4.79 Å². The van der Waals surface area contributed by atoms with E-state index in [9.17, 15) is 9.59 Å². The highest BCUT2D eigenvalue weighted by molar-refractivity contribution is 9.11. The van der Waals surface area contributed by atoms with Gasteiger partial charge in [0, 0.05) is 26.9 Å². The summed E-state index contributed by atoms with van der Waals surface area (Å²) >= 11 is 6.68. The van der Waals surface area contributed by atoms with Crippen LogP contribution in [0.5, 0.6) is 0 Å². The number of aromatic nitrogens is 1. The normalized spacial score (nSPS) is 10.3. The summed E-state index contributed by atoms with van der Waals surface area (Å²) in [6, 6.07) is 8.26. The van der Waals surface area contributed by atoms with E-state index in [2.05, 4.69) is 37.2 Å². The van der Waals surface area contributed by atoms with Crippen molar-refractivity contribution in [2.45, 2.75) is 6.54 Å². The number of amides is 1. The number of nitrogens with one attached hydrogen (secondary N) is 1. The average Bonchev–Trinajstić information content (AvgIpc) is 2.38. The lowest BCUT2D eigenvalue weighted by molar-refractivity contribution is -0.116. The molecule has 104 valence electrons. The van der Waals surface area contributed by atoms with Crippen LogP contribution in [0.15, 0.2) is 50.3 Å². The molecular formula is C13H11Br2N3O2. The number of anilines is 2. The van der Waals surface area contributed by atoms with Crippen LogP contribution in [0.2, 0.25) is 0 Å². The minimum atomic E-state index is -0.309. The molecule has 2 rings (SSSR count). The molecule has 0 aliphatic rings. The minimum absolute atomic E-state index is 0.0944. The molecule has 0 aliphatic heterocycles. The minimum Gasteiger partial charge on any atom is -0.398 e. The molecule has 1 amide bonds. The van der Waals surface area contributed by atoms with E-state index < -0.39 is 0 Å². The van der Waals surface area contributed by atoms with Gasteiger partial charge >= 0.3 is 0 Å². The Labute approximate surface area is 132 Å². The maximum absolute atomic E-state index is 12.0. The maximum atomic E-state index is 12.0. The summed E-state index contributed by atoms with van der Waals surface area (Å²) in [4.78, 5) is 23.6. The van der Waals surface area contributed by atoms with Gasteiger partial charge in [0.2, 0.25) is 5.91 Å². The fourth-order valence-corrected chi connectivity index (χ4v) is 2.32. The van der Waals surface area contributed by atoms with E-state index in [0.717, 1.165) is 8.95 Å². The van der Waals surface area contributed by atoms with Crippen LogP contribution in [-0.4, -0.2) is 10.5 Å². The number of carbonyl (C=O) groups excluding carboxylic acids is 1. The number of pyridine rings is 1. The number of rotatable bonds is 3. The van der Waals surface area contributed by atoms with Crippen LogP contribution in [0, 0.1) is 0 Å². The third kappa shape index (κ3) is 3.71. The molecule has 0 spiro atoms. The van der Waals surface area contributed by atoms with Gasteiger partial charge in [-0.2, -0.15) is 0 Å². The Bertz CT molecular complexity index is 713. The molecule has 1 aromatic heterocycles. The zero-order valence-corrected chi connectivity index (χ0v) is 13.4. The SMILES string of the molecule is Nc1ccc(=O)n(CC(=O)Nc2cc(Br)ccc2Br)c1. The first-order valence-corrected chi connectivity index (χ1v) is 7.25. The van der Waals surface area contributed by atoms with Crippen LogP contribution in [0.4, 0.5) is 11.4 Å². The molecule has 0 saturated heterocycles.